The van der Waals surface area contributed by atoms with Crippen molar-refractivity contribution < 1.29 is 13.2 Å². The van der Waals surface area contributed by atoms with Gasteiger partial charge in [-0.25, -0.2) is 8.42 Å². The van der Waals surface area contributed by atoms with Crippen molar-refractivity contribution in [2.24, 2.45) is 0 Å². The predicted molar refractivity (Wildman–Crippen MR) is 70.3 cm³/mol. The van der Waals surface area contributed by atoms with Crippen molar-refractivity contribution in [3.63, 3.8) is 0 Å². The Morgan fingerprint density at radius 1 is 1.58 bits per heavy atom. The highest BCUT2D eigenvalue weighted by Gasteiger charge is 2.30. The number of aromatic nitrogens is 2. The molecule has 108 valence electrons. The lowest BCUT2D eigenvalue weighted by Gasteiger charge is -2.29. The highest BCUT2D eigenvalue weighted by Crippen LogP contribution is 2.17. The lowest BCUT2D eigenvalue weighted by Crippen LogP contribution is -2.44. The first-order valence-electron chi connectivity index (χ1n) is 6.33. The van der Waals surface area contributed by atoms with Crippen LogP contribution in [0, 0.1) is 0 Å². The van der Waals surface area contributed by atoms with Gasteiger partial charge in [-0.3, -0.25) is 4.68 Å². The van der Waals surface area contributed by atoms with Crippen LogP contribution >= 0.6 is 0 Å². The Labute approximate surface area is 113 Å². The fourth-order valence-electron chi connectivity index (χ4n) is 1.98. The normalized spacial score (nSPS) is 21.7. The maximum absolute atomic E-state index is 12.4. The Morgan fingerprint density at radius 2 is 2.37 bits per heavy atom. The highest BCUT2D eigenvalue weighted by atomic mass is 32.2. The van der Waals surface area contributed by atoms with Crippen LogP contribution in [-0.2, 0) is 21.3 Å². The molecule has 1 aliphatic rings. The Bertz CT molecular complexity index is 514. The summed E-state index contributed by atoms with van der Waals surface area (Å²) in [6.45, 7) is 4.49. The first kappa shape index (κ1) is 14.4. The summed E-state index contributed by atoms with van der Waals surface area (Å²) in [5.41, 5.74) is 0. The maximum atomic E-state index is 12.4. The number of nitrogens with zero attached hydrogens (tertiary/aromatic N) is 3. The second kappa shape index (κ2) is 6.00. The summed E-state index contributed by atoms with van der Waals surface area (Å²) >= 11 is 0. The van der Waals surface area contributed by atoms with Crippen LogP contribution in [0.3, 0.4) is 0 Å². The number of likely N-dealkylation sites (N-methyl/N-ethyl adjacent to an activating group) is 1. The third kappa shape index (κ3) is 3.33. The molecule has 0 saturated carbocycles. The van der Waals surface area contributed by atoms with Gasteiger partial charge in [-0.05, 0) is 14.0 Å². The number of rotatable bonds is 5. The van der Waals surface area contributed by atoms with Gasteiger partial charge in [0.25, 0.3) is 0 Å². The summed E-state index contributed by atoms with van der Waals surface area (Å²) in [6.07, 6.45) is 2.92. The fraction of sp³-hybridized carbons (Fsp3) is 0.727. The Balaban J connectivity index is 2.12. The zero-order valence-corrected chi connectivity index (χ0v) is 12.1. The van der Waals surface area contributed by atoms with Crippen molar-refractivity contribution >= 4 is 10.0 Å². The second-order valence-corrected chi connectivity index (χ2v) is 6.53. The molecule has 0 radical (unpaired) electrons. The van der Waals surface area contributed by atoms with Gasteiger partial charge in [0.2, 0.25) is 10.0 Å². The molecule has 7 nitrogen and oxygen atoms in total. The van der Waals surface area contributed by atoms with E-state index in [2.05, 4.69) is 10.4 Å². The van der Waals surface area contributed by atoms with Crippen LogP contribution in [0.25, 0.3) is 0 Å². The van der Waals surface area contributed by atoms with Crippen LogP contribution < -0.4 is 5.32 Å². The van der Waals surface area contributed by atoms with Crippen LogP contribution in [-0.4, -0.2) is 61.9 Å². The Kier molecular flexibility index (Phi) is 4.56. The number of nitrogens with one attached hydrogen (secondary N) is 1. The number of hydrogen-bond donors (Lipinski definition) is 1. The zero-order chi connectivity index (χ0) is 13.9. The Morgan fingerprint density at radius 3 is 3.05 bits per heavy atom. The minimum atomic E-state index is -3.45. The number of sulfonamides is 1. The van der Waals surface area contributed by atoms with E-state index in [-0.39, 0.29) is 11.0 Å². The summed E-state index contributed by atoms with van der Waals surface area (Å²) in [5.74, 6) is 0. The lowest BCUT2D eigenvalue weighted by molar-refractivity contribution is 0.0102. The summed E-state index contributed by atoms with van der Waals surface area (Å²) in [6, 6.07) is 0. The summed E-state index contributed by atoms with van der Waals surface area (Å²) in [5, 5.41) is 7.07. The van der Waals surface area contributed by atoms with Gasteiger partial charge in [0.05, 0.1) is 25.5 Å². The van der Waals surface area contributed by atoms with Crippen molar-refractivity contribution in [2.45, 2.75) is 24.5 Å². The van der Waals surface area contributed by atoms with Gasteiger partial charge in [-0.1, -0.05) is 0 Å². The van der Waals surface area contributed by atoms with Crippen molar-refractivity contribution in [1.29, 1.82) is 0 Å². The van der Waals surface area contributed by atoms with Crippen LogP contribution in [0.1, 0.15) is 6.92 Å². The molecular formula is C11H20N4O3S. The van der Waals surface area contributed by atoms with Gasteiger partial charge in [0, 0.05) is 25.8 Å². The van der Waals surface area contributed by atoms with E-state index < -0.39 is 10.0 Å². The van der Waals surface area contributed by atoms with Gasteiger partial charge < -0.3 is 10.1 Å². The summed E-state index contributed by atoms with van der Waals surface area (Å²) in [4.78, 5) is 0.248. The number of morpholine rings is 1. The third-order valence-electron chi connectivity index (χ3n) is 3.04. The van der Waals surface area contributed by atoms with Crippen LogP contribution in [0.2, 0.25) is 0 Å². The van der Waals surface area contributed by atoms with Crippen LogP contribution in [0.15, 0.2) is 17.3 Å². The van der Waals surface area contributed by atoms with E-state index in [9.17, 15) is 8.42 Å². The van der Waals surface area contributed by atoms with Gasteiger partial charge in [-0.15, -0.1) is 0 Å². The largest absolute Gasteiger partial charge is 0.376 e. The molecule has 0 bridgehead atoms. The third-order valence-corrected chi connectivity index (χ3v) is 4.86. The quantitative estimate of drug-likeness (QED) is 0.791. The average molecular weight is 288 g/mol. The zero-order valence-electron chi connectivity index (χ0n) is 11.2. The molecule has 1 aromatic rings. The van der Waals surface area contributed by atoms with Crippen molar-refractivity contribution in [1.82, 2.24) is 19.4 Å². The molecule has 1 fully saturated rings. The van der Waals surface area contributed by atoms with E-state index in [4.69, 9.17) is 4.74 Å². The first-order chi connectivity index (χ1) is 9.04. The average Bonchev–Trinajstić information content (AvgIpc) is 2.86. The van der Waals surface area contributed by atoms with E-state index in [1.54, 1.807) is 10.9 Å². The molecule has 0 aromatic carbocycles. The highest BCUT2D eigenvalue weighted by molar-refractivity contribution is 7.89. The molecule has 1 N–H and O–H groups in total. The summed E-state index contributed by atoms with van der Waals surface area (Å²) < 4.78 is 33.3. The molecule has 0 spiro atoms. The smallest absolute Gasteiger partial charge is 0.246 e. The monoisotopic (exact) mass is 288 g/mol. The minimum Gasteiger partial charge on any atom is -0.376 e. The molecule has 8 heteroatoms. The van der Waals surface area contributed by atoms with Crippen LogP contribution in [0.5, 0.6) is 0 Å². The number of hydrogen-bond acceptors (Lipinski definition) is 5. The van der Waals surface area contributed by atoms with Crippen molar-refractivity contribution in [3.05, 3.63) is 12.4 Å². The molecule has 1 aromatic heterocycles. The van der Waals surface area contributed by atoms with Crippen LogP contribution in [0.4, 0.5) is 0 Å². The van der Waals surface area contributed by atoms with Gasteiger partial charge >= 0.3 is 0 Å². The van der Waals surface area contributed by atoms with Crippen molar-refractivity contribution in [3.8, 4) is 0 Å². The molecule has 0 aliphatic carbocycles. The minimum absolute atomic E-state index is 0.0668. The lowest BCUT2D eigenvalue weighted by atomic mass is 10.3. The molecule has 0 amide bonds. The van der Waals surface area contributed by atoms with E-state index in [0.717, 1.165) is 6.54 Å². The molecule has 1 saturated heterocycles. The van der Waals surface area contributed by atoms with E-state index in [0.29, 0.717) is 26.2 Å². The second-order valence-electron chi connectivity index (χ2n) is 4.59. The summed E-state index contributed by atoms with van der Waals surface area (Å²) in [7, 11) is -1.61. The van der Waals surface area contributed by atoms with E-state index in [1.807, 2.05) is 14.0 Å². The molecule has 1 atom stereocenters. The standard InChI is InChI=1S/C11H20N4O3S/c1-10-8-15(5-6-18-10)19(16,17)11-7-13-14(9-11)4-3-12-2/h7,9-10,12H,3-6,8H2,1-2H3. The first-order valence-corrected chi connectivity index (χ1v) is 7.77. The molecule has 2 heterocycles. The van der Waals surface area contributed by atoms with Gasteiger partial charge in [0.15, 0.2) is 0 Å². The molecule has 1 unspecified atom stereocenters. The number of ether oxygens (including phenoxy) is 1. The van der Waals surface area contributed by atoms with Crippen molar-refractivity contribution in [2.75, 3.05) is 33.3 Å². The predicted octanol–water partition coefficient (Wildman–Crippen LogP) is -0.488. The van der Waals surface area contributed by atoms with Gasteiger partial charge in [0.1, 0.15) is 4.90 Å². The maximum Gasteiger partial charge on any atom is 0.246 e. The fourth-order valence-corrected chi connectivity index (χ4v) is 3.43. The Hall–Kier alpha value is -0.960. The topological polar surface area (TPSA) is 76.5 Å². The molecular weight excluding hydrogens is 268 g/mol. The molecule has 1 aliphatic heterocycles. The van der Waals surface area contributed by atoms with Gasteiger partial charge in [-0.2, -0.15) is 9.40 Å². The molecule has 19 heavy (non-hydrogen) atoms. The molecule has 2 rings (SSSR count). The SMILES string of the molecule is CNCCn1cc(S(=O)(=O)N2CCOC(C)C2)cn1. The van der Waals surface area contributed by atoms with E-state index >= 15 is 0 Å². The van der Waals surface area contributed by atoms with E-state index in [1.165, 1.54) is 10.5 Å².